The van der Waals surface area contributed by atoms with Crippen LogP contribution in [0.15, 0.2) is 24.3 Å². The summed E-state index contributed by atoms with van der Waals surface area (Å²) in [6.07, 6.45) is -6.48. The van der Waals surface area contributed by atoms with E-state index in [9.17, 15) is 20.1 Å². The second-order valence-electron chi connectivity index (χ2n) is 5.06. The molecular formula is C14H19NO8. The van der Waals surface area contributed by atoms with Gasteiger partial charge in [0, 0.05) is 5.69 Å². The van der Waals surface area contributed by atoms with Gasteiger partial charge in [0.05, 0.1) is 6.61 Å². The van der Waals surface area contributed by atoms with Crippen molar-refractivity contribution in [2.24, 2.45) is 0 Å². The molecule has 1 saturated heterocycles. The summed E-state index contributed by atoms with van der Waals surface area (Å²) < 4.78 is 15.8. The highest BCUT2D eigenvalue weighted by Gasteiger charge is 2.46. The van der Waals surface area contributed by atoms with E-state index in [1.807, 2.05) is 0 Å². The largest absolute Gasteiger partial charge is 0.480 e. The van der Waals surface area contributed by atoms with Crippen LogP contribution in [0.1, 0.15) is 0 Å². The monoisotopic (exact) mass is 329 g/mol. The number of nitrogens with two attached hydrogens (primary N) is 1. The second-order valence-corrected chi connectivity index (χ2v) is 5.06. The molecule has 1 aliphatic heterocycles. The molecule has 6 N–H and O–H groups in total. The van der Waals surface area contributed by atoms with E-state index in [1.165, 1.54) is 0 Å². The molecule has 0 aromatic heterocycles. The number of nitrogen functional groups attached to an aromatic ring is 1. The Balaban J connectivity index is 2.11. The zero-order valence-corrected chi connectivity index (χ0v) is 12.1. The summed E-state index contributed by atoms with van der Waals surface area (Å²) in [5.74, 6) is -0.916. The molecular weight excluding hydrogens is 310 g/mol. The van der Waals surface area contributed by atoms with Crippen molar-refractivity contribution in [3.05, 3.63) is 24.3 Å². The molecule has 0 spiro atoms. The van der Waals surface area contributed by atoms with Gasteiger partial charge in [-0.2, -0.15) is 0 Å². The van der Waals surface area contributed by atoms with E-state index < -0.39 is 49.9 Å². The van der Waals surface area contributed by atoms with E-state index in [1.54, 1.807) is 24.3 Å². The lowest BCUT2D eigenvalue weighted by Crippen LogP contribution is -2.61. The van der Waals surface area contributed by atoms with Gasteiger partial charge in [0.25, 0.3) is 0 Å². The van der Waals surface area contributed by atoms with Crippen LogP contribution in [0, 0.1) is 0 Å². The minimum atomic E-state index is -1.45. The smallest absolute Gasteiger partial charge is 0.329 e. The standard InChI is InChI=1S/C14H19NO8/c15-7-1-3-8(4-2-7)22-14-12(20)13(21-6-10(17)18)11(19)9(5-16)23-14/h1-4,9,11-14,16,19-20H,5-6,15H2,(H,17,18). The first kappa shape index (κ1) is 17.4. The van der Waals surface area contributed by atoms with Crippen LogP contribution >= 0.6 is 0 Å². The summed E-state index contributed by atoms with van der Waals surface area (Å²) in [7, 11) is 0. The molecule has 23 heavy (non-hydrogen) atoms. The molecule has 1 aromatic carbocycles. The van der Waals surface area contributed by atoms with E-state index in [-0.39, 0.29) is 0 Å². The van der Waals surface area contributed by atoms with Gasteiger partial charge in [-0.25, -0.2) is 4.79 Å². The lowest BCUT2D eigenvalue weighted by atomic mass is 9.99. The molecule has 1 fully saturated rings. The number of carboxylic acid groups (broad SMARTS) is 1. The fourth-order valence-corrected chi connectivity index (χ4v) is 2.20. The number of aliphatic hydroxyl groups is 3. The van der Waals surface area contributed by atoms with E-state index in [0.717, 1.165) is 0 Å². The van der Waals surface area contributed by atoms with Crippen molar-refractivity contribution in [3.8, 4) is 5.75 Å². The van der Waals surface area contributed by atoms with Crippen molar-refractivity contribution in [2.45, 2.75) is 30.7 Å². The summed E-state index contributed by atoms with van der Waals surface area (Å²) in [6.45, 7) is -1.27. The van der Waals surface area contributed by atoms with E-state index in [2.05, 4.69) is 0 Å². The molecule has 1 heterocycles. The molecule has 5 atom stereocenters. The summed E-state index contributed by atoms with van der Waals surface area (Å²) in [5, 5.41) is 38.1. The Morgan fingerprint density at radius 3 is 2.43 bits per heavy atom. The van der Waals surface area contributed by atoms with E-state index >= 15 is 0 Å². The van der Waals surface area contributed by atoms with Crippen molar-refractivity contribution in [3.63, 3.8) is 0 Å². The summed E-state index contributed by atoms with van der Waals surface area (Å²) >= 11 is 0. The first-order valence-electron chi connectivity index (χ1n) is 6.90. The Morgan fingerprint density at radius 1 is 1.22 bits per heavy atom. The van der Waals surface area contributed by atoms with Crippen molar-refractivity contribution in [1.82, 2.24) is 0 Å². The Kier molecular flexibility index (Phi) is 5.74. The number of rotatable bonds is 6. The highest BCUT2D eigenvalue weighted by atomic mass is 16.7. The average molecular weight is 329 g/mol. The first-order valence-corrected chi connectivity index (χ1v) is 6.90. The van der Waals surface area contributed by atoms with Gasteiger partial charge in [-0.15, -0.1) is 0 Å². The lowest BCUT2D eigenvalue weighted by Gasteiger charge is -2.41. The van der Waals surface area contributed by atoms with Gasteiger partial charge in [-0.1, -0.05) is 0 Å². The normalized spacial score (nSPS) is 30.8. The topological polar surface area (TPSA) is 152 Å². The summed E-state index contributed by atoms with van der Waals surface area (Å²) in [6, 6.07) is 6.28. The highest BCUT2D eigenvalue weighted by molar-refractivity contribution is 5.68. The predicted octanol–water partition coefficient (Wildman–Crippen LogP) is -1.44. The Labute approximate surface area is 131 Å². The number of aliphatic carboxylic acids is 1. The zero-order valence-electron chi connectivity index (χ0n) is 12.1. The van der Waals surface area contributed by atoms with Crippen LogP contribution in [0.2, 0.25) is 0 Å². The number of carboxylic acids is 1. The van der Waals surface area contributed by atoms with Gasteiger partial charge in [0.1, 0.15) is 36.8 Å². The Morgan fingerprint density at radius 2 is 1.87 bits per heavy atom. The van der Waals surface area contributed by atoms with E-state index in [0.29, 0.717) is 11.4 Å². The minimum absolute atomic E-state index is 0.341. The van der Waals surface area contributed by atoms with Crippen LogP contribution in [0.3, 0.4) is 0 Å². The fraction of sp³-hybridized carbons (Fsp3) is 0.500. The van der Waals surface area contributed by atoms with Crippen molar-refractivity contribution in [1.29, 1.82) is 0 Å². The third-order valence-corrected chi connectivity index (χ3v) is 3.35. The summed E-state index contributed by atoms with van der Waals surface area (Å²) in [4.78, 5) is 10.6. The maximum Gasteiger partial charge on any atom is 0.329 e. The predicted molar refractivity (Wildman–Crippen MR) is 76.6 cm³/mol. The van der Waals surface area contributed by atoms with Crippen LogP contribution in [-0.2, 0) is 14.3 Å². The second kappa shape index (κ2) is 7.57. The van der Waals surface area contributed by atoms with E-state index in [4.69, 9.17) is 25.1 Å². The molecule has 5 unspecified atom stereocenters. The zero-order chi connectivity index (χ0) is 17.0. The number of aliphatic hydroxyl groups excluding tert-OH is 3. The van der Waals surface area contributed by atoms with Gasteiger partial charge in [0.15, 0.2) is 0 Å². The SMILES string of the molecule is Nc1ccc(OC2OC(CO)C(O)C(OCC(=O)O)C2O)cc1. The van der Waals surface area contributed by atoms with Crippen LogP contribution in [0.5, 0.6) is 5.75 Å². The molecule has 0 amide bonds. The molecule has 1 aliphatic rings. The number of ether oxygens (including phenoxy) is 3. The van der Waals surface area contributed by atoms with Crippen LogP contribution in [-0.4, -0.2) is 70.3 Å². The Bertz CT molecular complexity index is 522. The quantitative estimate of drug-likeness (QED) is 0.395. The maximum absolute atomic E-state index is 10.6. The molecule has 2 rings (SSSR count). The number of hydrogen-bond acceptors (Lipinski definition) is 8. The van der Waals surface area contributed by atoms with Crippen molar-refractivity contribution in [2.75, 3.05) is 18.9 Å². The molecule has 9 heteroatoms. The number of benzene rings is 1. The van der Waals surface area contributed by atoms with Crippen LogP contribution in [0.4, 0.5) is 5.69 Å². The molecule has 9 nitrogen and oxygen atoms in total. The fourth-order valence-electron chi connectivity index (χ4n) is 2.20. The van der Waals surface area contributed by atoms with Gasteiger partial charge in [-0.3, -0.25) is 0 Å². The molecule has 0 bridgehead atoms. The minimum Gasteiger partial charge on any atom is -0.480 e. The van der Waals surface area contributed by atoms with Gasteiger partial charge < -0.3 is 40.4 Å². The number of anilines is 1. The molecule has 128 valence electrons. The third kappa shape index (κ3) is 4.30. The highest BCUT2D eigenvalue weighted by Crippen LogP contribution is 2.26. The average Bonchev–Trinajstić information content (AvgIpc) is 2.51. The van der Waals surface area contributed by atoms with Crippen molar-refractivity contribution >= 4 is 11.7 Å². The number of carbonyl (C=O) groups is 1. The summed E-state index contributed by atoms with van der Waals surface area (Å²) in [5.41, 5.74) is 6.08. The molecule has 0 aliphatic carbocycles. The van der Waals surface area contributed by atoms with Gasteiger partial charge in [-0.05, 0) is 24.3 Å². The van der Waals surface area contributed by atoms with Gasteiger partial charge >= 0.3 is 5.97 Å². The van der Waals surface area contributed by atoms with Crippen molar-refractivity contribution < 1.29 is 39.4 Å². The Hall–Kier alpha value is -1.91. The molecule has 0 saturated carbocycles. The molecule has 0 radical (unpaired) electrons. The first-order chi connectivity index (χ1) is 10.9. The van der Waals surface area contributed by atoms with Crippen LogP contribution in [0.25, 0.3) is 0 Å². The maximum atomic E-state index is 10.6. The van der Waals surface area contributed by atoms with Crippen LogP contribution < -0.4 is 10.5 Å². The number of hydrogen-bond donors (Lipinski definition) is 5. The molecule has 1 aromatic rings. The lowest BCUT2D eigenvalue weighted by molar-refractivity contribution is -0.285. The third-order valence-electron chi connectivity index (χ3n) is 3.35. The van der Waals surface area contributed by atoms with Gasteiger partial charge in [0.2, 0.25) is 6.29 Å².